The van der Waals surface area contributed by atoms with Crippen LogP contribution in [0.3, 0.4) is 0 Å². The van der Waals surface area contributed by atoms with Crippen LogP contribution in [0.2, 0.25) is 0 Å². The molecule has 1 aliphatic carbocycles. The lowest BCUT2D eigenvalue weighted by atomic mass is 9.91. The fourth-order valence-corrected chi connectivity index (χ4v) is 2.07. The highest BCUT2D eigenvalue weighted by molar-refractivity contribution is 5.85. The van der Waals surface area contributed by atoms with Crippen molar-refractivity contribution in [3.05, 3.63) is 0 Å². The molecule has 1 atom stereocenters. The van der Waals surface area contributed by atoms with E-state index in [2.05, 4.69) is 12.2 Å². The fraction of sp³-hybridized carbons (Fsp3) is 0.917. The number of carbonyl (C=O) groups excluding carboxylic acids is 1. The topological polar surface area (TPSA) is 55.1 Å². The Labute approximate surface area is 105 Å². The molecule has 0 aromatic carbocycles. The van der Waals surface area contributed by atoms with Gasteiger partial charge in [0.15, 0.2) is 0 Å². The van der Waals surface area contributed by atoms with Gasteiger partial charge in [0.1, 0.15) is 0 Å². The first-order chi connectivity index (χ1) is 6.97. The van der Waals surface area contributed by atoms with E-state index >= 15 is 0 Å². The SMILES string of the molecule is CC(NC(=O)C(C)(C)CN)C1CCCC1.Cl. The Hall–Kier alpha value is -0.280. The van der Waals surface area contributed by atoms with Crippen LogP contribution in [0, 0.1) is 11.3 Å². The Morgan fingerprint density at radius 2 is 1.94 bits per heavy atom. The maximum atomic E-state index is 11.9. The summed E-state index contributed by atoms with van der Waals surface area (Å²) < 4.78 is 0. The average molecular weight is 249 g/mol. The fourth-order valence-electron chi connectivity index (χ4n) is 2.07. The van der Waals surface area contributed by atoms with E-state index in [1.807, 2.05) is 13.8 Å². The van der Waals surface area contributed by atoms with Gasteiger partial charge in [0, 0.05) is 12.6 Å². The maximum Gasteiger partial charge on any atom is 0.227 e. The number of nitrogens with one attached hydrogen (secondary N) is 1. The van der Waals surface area contributed by atoms with Gasteiger partial charge in [-0.2, -0.15) is 0 Å². The Kier molecular flexibility index (Phi) is 6.34. The standard InChI is InChI=1S/C12H24N2O.ClH/c1-9(10-6-4-5-7-10)14-11(15)12(2,3)8-13;/h9-10H,4-8,13H2,1-3H3,(H,14,15);1H. The van der Waals surface area contributed by atoms with Crippen molar-refractivity contribution in [2.75, 3.05) is 6.54 Å². The van der Waals surface area contributed by atoms with Crippen LogP contribution in [0.15, 0.2) is 0 Å². The quantitative estimate of drug-likeness (QED) is 0.801. The van der Waals surface area contributed by atoms with Crippen LogP contribution >= 0.6 is 12.4 Å². The van der Waals surface area contributed by atoms with Gasteiger partial charge >= 0.3 is 0 Å². The third kappa shape index (κ3) is 3.95. The van der Waals surface area contributed by atoms with Crippen molar-refractivity contribution in [3.8, 4) is 0 Å². The number of rotatable bonds is 4. The van der Waals surface area contributed by atoms with Crippen LogP contribution in [0.5, 0.6) is 0 Å². The maximum absolute atomic E-state index is 11.9. The van der Waals surface area contributed by atoms with Crippen LogP contribution in [0.4, 0.5) is 0 Å². The zero-order valence-electron chi connectivity index (χ0n) is 10.6. The lowest BCUT2D eigenvalue weighted by Gasteiger charge is -2.27. The molecule has 0 radical (unpaired) electrons. The number of hydrogen-bond acceptors (Lipinski definition) is 2. The molecule has 4 heteroatoms. The van der Waals surface area contributed by atoms with Crippen LogP contribution in [-0.2, 0) is 4.79 Å². The summed E-state index contributed by atoms with van der Waals surface area (Å²) in [7, 11) is 0. The van der Waals surface area contributed by atoms with Gasteiger partial charge in [-0.3, -0.25) is 4.79 Å². The van der Waals surface area contributed by atoms with E-state index in [0.717, 1.165) is 0 Å². The molecule has 3 nitrogen and oxygen atoms in total. The molecule has 0 heterocycles. The summed E-state index contributed by atoms with van der Waals surface area (Å²) in [6, 6.07) is 0.297. The number of hydrogen-bond donors (Lipinski definition) is 2. The van der Waals surface area contributed by atoms with Crippen LogP contribution < -0.4 is 11.1 Å². The summed E-state index contributed by atoms with van der Waals surface area (Å²) in [5.41, 5.74) is 5.14. The van der Waals surface area contributed by atoms with E-state index in [1.54, 1.807) is 0 Å². The molecule has 3 N–H and O–H groups in total. The highest BCUT2D eigenvalue weighted by Crippen LogP contribution is 2.28. The summed E-state index contributed by atoms with van der Waals surface area (Å²) >= 11 is 0. The van der Waals surface area contributed by atoms with Crippen molar-refractivity contribution in [3.63, 3.8) is 0 Å². The van der Waals surface area contributed by atoms with Crippen LogP contribution in [0.1, 0.15) is 46.5 Å². The molecule has 96 valence electrons. The van der Waals surface area contributed by atoms with Gasteiger partial charge in [-0.25, -0.2) is 0 Å². The monoisotopic (exact) mass is 248 g/mol. The minimum absolute atomic E-state index is 0. The summed E-state index contributed by atoms with van der Waals surface area (Å²) in [6.45, 7) is 6.30. The Morgan fingerprint density at radius 1 is 1.44 bits per heavy atom. The molecule has 0 aromatic rings. The molecular formula is C12H25ClN2O. The zero-order chi connectivity index (χ0) is 11.5. The van der Waals surface area contributed by atoms with E-state index in [-0.39, 0.29) is 18.3 Å². The molecule has 0 spiro atoms. The minimum atomic E-state index is -0.438. The molecule has 1 rings (SSSR count). The molecule has 1 amide bonds. The van der Waals surface area contributed by atoms with Crippen molar-refractivity contribution in [2.45, 2.75) is 52.5 Å². The van der Waals surface area contributed by atoms with Gasteiger partial charge in [0.2, 0.25) is 5.91 Å². The Bertz CT molecular complexity index is 225. The van der Waals surface area contributed by atoms with E-state index in [0.29, 0.717) is 18.5 Å². The molecule has 0 saturated heterocycles. The zero-order valence-corrected chi connectivity index (χ0v) is 11.4. The molecule has 0 bridgehead atoms. The first-order valence-corrected chi connectivity index (χ1v) is 5.98. The van der Waals surface area contributed by atoms with E-state index in [1.165, 1.54) is 25.7 Å². The van der Waals surface area contributed by atoms with E-state index < -0.39 is 5.41 Å². The van der Waals surface area contributed by atoms with Gasteiger partial charge in [-0.15, -0.1) is 12.4 Å². The lowest BCUT2D eigenvalue weighted by Crippen LogP contribution is -2.47. The van der Waals surface area contributed by atoms with E-state index in [9.17, 15) is 4.79 Å². The van der Waals surface area contributed by atoms with Gasteiger partial charge < -0.3 is 11.1 Å². The molecule has 16 heavy (non-hydrogen) atoms. The number of carbonyl (C=O) groups is 1. The smallest absolute Gasteiger partial charge is 0.227 e. The molecule has 1 unspecified atom stereocenters. The Morgan fingerprint density at radius 3 is 2.38 bits per heavy atom. The summed E-state index contributed by atoms with van der Waals surface area (Å²) in [5.74, 6) is 0.756. The van der Waals surface area contributed by atoms with Crippen molar-refractivity contribution in [2.24, 2.45) is 17.1 Å². The number of halogens is 1. The average Bonchev–Trinajstić information content (AvgIpc) is 2.70. The molecule has 1 aliphatic rings. The van der Waals surface area contributed by atoms with Crippen molar-refractivity contribution >= 4 is 18.3 Å². The van der Waals surface area contributed by atoms with Gasteiger partial charge in [0.25, 0.3) is 0 Å². The third-order valence-electron chi connectivity index (χ3n) is 3.59. The molecule has 0 aliphatic heterocycles. The third-order valence-corrected chi connectivity index (χ3v) is 3.59. The van der Waals surface area contributed by atoms with Gasteiger partial charge in [-0.1, -0.05) is 12.8 Å². The van der Waals surface area contributed by atoms with Crippen LogP contribution in [-0.4, -0.2) is 18.5 Å². The first kappa shape index (κ1) is 15.7. The van der Waals surface area contributed by atoms with Crippen molar-refractivity contribution in [1.82, 2.24) is 5.32 Å². The molecular weight excluding hydrogens is 224 g/mol. The van der Waals surface area contributed by atoms with Crippen molar-refractivity contribution < 1.29 is 4.79 Å². The predicted octanol–water partition coefficient (Wildman–Crippen LogP) is 2.09. The lowest BCUT2D eigenvalue weighted by molar-refractivity contribution is -0.129. The molecule has 0 aromatic heterocycles. The largest absolute Gasteiger partial charge is 0.353 e. The van der Waals surface area contributed by atoms with E-state index in [4.69, 9.17) is 5.73 Å². The summed E-state index contributed by atoms with van der Waals surface area (Å²) in [6.07, 6.45) is 5.13. The normalized spacial score (nSPS) is 19.0. The number of nitrogens with two attached hydrogens (primary N) is 1. The summed E-state index contributed by atoms with van der Waals surface area (Å²) in [5, 5.41) is 3.09. The highest BCUT2D eigenvalue weighted by Gasteiger charge is 2.29. The summed E-state index contributed by atoms with van der Waals surface area (Å²) in [4.78, 5) is 11.9. The highest BCUT2D eigenvalue weighted by atomic mass is 35.5. The second-order valence-corrected chi connectivity index (χ2v) is 5.39. The minimum Gasteiger partial charge on any atom is -0.353 e. The molecule has 1 saturated carbocycles. The molecule has 1 fully saturated rings. The first-order valence-electron chi connectivity index (χ1n) is 5.98. The second-order valence-electron chi connectivity index (χ2n) is 5.39. The van der Waals surface area contributed by atoms with Crippen LogP contribution in [0.25, 0.3) is 0 Å². The van der Waals surface area contributed by atoms with Gasteiger partial charge in [-0.05, 0) is 39.5 Å². The Balaban J connectivity index is 0.00000225. The second kappa shape index (κ2) is 6.45. The predicted molar refractivity (Wildman–Crippen MR) is 69.6 cm³/mol. The van der Waals surface area contributed by atoms with Gasteiger partial charge in [0.05, 0.1) is 5.41 Å². The number of amides is 1. The van der Waals surface area contributed by atoms with Crippen molar-refractivity contribution in [1.29, 1.82) is 0 Å².